The predicted octanol–water partition coefficient (Wildman–Crippen LogP) is -1.16. The predicted molar refractivity (Wildman–Crippen MR) is 28.7 cm³/mol. The van der Waals surface area contributed by atoms with Crippen LogP contribution >= 0.6 is 20.2 Å². The van der Waals surface area contributed by atoms with E-state index in [1.165, 1.54) is 0 Å². The molecule has 4 nitrogen and oxygen atoms in total. The molecule has 0 rings (SSSR count). The number of rotatable bonds is 0. The average molecular weight is 158 g/mol. The summed E-state index contributed by atoms with van der Waals surface area (Å²) in [4.78, 5) is 21.6. The third-order valence-corrected chi connectivity index (χ3v) is 0. The molecule has 0 aliphatic heterocycles. The maximum atomic E-state index is 8.88. The zero-order valence-corrected chi connectivity index (χ0v) is 4.32. The first-order valence-electron chi connectivity index (χ1n) is 0.783. The van der Waals surface area contributed by atoms with E-state index >= 15 is 0 Å². The molecular weight excluding hydrogens is 153 g/mol. The van der Waals surface area contributed by atoms with Crippen molar-refractivity contribution in [2.24, 2.45) is 0 Å². The van der Waals surface area contributed by atoms with Crippen LogP contribution in [-0.2, 0) is 4.57 Å². The molecule has 7 heteroatoms. The molecule has 0 aliphatic carbocycles. The molecule has 0 heterocycles. The van der Waals surface area contributed by atoms with E-state index in [0.29, 0.717) is 0 Å². The molecule has 0 saturated heterocycles. The Hall–Kier alpha value is 1.40. The minimum atomic E-state index is -4.64. The first-order valence-corrected chi connectivity index (χ1v) is 2.35. The van der Waals surface area contributed by atoms with Gasteiger partial charge in [0.05, 0.1) is 0 Å². The van der Waals surface area contributed by atoms with Crippen LogP contribution in [0.2, 0.25) is 0 Å². The summed E-state index contributed by atoms with van der Waals surface area (Å²) in [5.74, 6) is 0. The van der Waals surface area contributed by atoms with E-state index in [1.807, 2.05) is 0 Å². The maximum absolute atomic E-state index is 8.88. The Morgan fingerprint density at radius 1 is 1.14 bits per heavy atom. The van der Waals surface area contributed by atoms with E-state index in [2.05, 4.69) is 0 Å². The van der Waals surface area contributed by atoms with Crippen LogP contribution in [0.15, 0.2) is 0 Å². The SMILES string of the molecule is Cl.O=P(O)(O)O.[NaH]. The summed E-state index contributed by atoms with van der Waals surface area (Å²) >= 11 is 0. The molecule has 42 valence electrons. The molecule has 0 aromatic carbocycles. The van der Waals surface area contributed by atoms with Gasteiger partial charge in [0.2, 0.25) is 0 Å². The third-order valence-electron chi connectivity index (χ3n) is 0. The molecule has 0 aliphatic rings. The van der Waals surface area contributed by atoms with Gasteiger partial charge in [0.15, 0.2) is 0 Å². The van der Waals surface area contributed by atoms with Crippen molar-refractivity contribution in [1.82, 2.24) is 0 Å². The monoisotopic (exact) mass is 158 g/mol. The van der Waals surface area contributed by atoms with Crippen LogP contribution in [0.1, 0.15) is 0 Å². The second-order valence-electron chi connectivity index (χ2n) is 0.513. The molecule has 0 amide bonds. The van der Waals surface area contributed by atoms with E-state index in [1.54, 1.807) is 0 Å². The summed E-state index contributed by atoms with van der Waals surface area (Å²) in [6, 6.07) is 0. The number of phosphoric acid groups is 1. The van der Waals surface area contributed by atoms with E-state index in [-0.39, 0.29) is 42.0 Å². The van der Waals surface area contributed by atoms with Crippen LogP contribution in [0.4, 0.5) is 0 Å². The fourth-order valence-electron chi connectivity index (χ4n) is 0. The van der Waals surface area contributed by atoms with Crippen molar-refractivity contribution in [3.8, 4) is 0 Å². The van der Waals surface area contributed by atoms with Crippen LogP contribution in [-0.4, -0.2) is 44.2 Å². The van der Waals surface area contributed by atoms with Gasteiger partial charge in [-0.05, 0) is 0 Å². The average Bonchev–Trinajstić information content (AvgIpc) is 0.722. The van der Waals surface area contributed by atoms with Gasteiger partial charge in [-0.1, -0.05) is 0 Å². The van der Waals surface area contributed by atoms with Gasteiger partial charge in [0.1, 0.15) is 0 Å². The van der Waals surface area contributed by atoms with Crippen LogP contribution < -0.4 is 0 Å². The molecule has 0 unspecified atom stereocenters. The van der Waals surface area contributed by atoms with Gasteiger partial charge in [-0.2, -0.15) is 0 Å². The Kier molecular flexibility index (Phi) is 12.5. The molecule has 0 fully saturated rings. The van der Waals surface area contributed by atoms with Gasteiger partial charge < -0.3 is 14.7 Å². The Labute approximate surface area is 68.9 Å². The first-order chi connectivity index (χ1) is 2.00. The standard InChI is InChI=1S/ClH.Na.H3O4P.H/c;;1-5(2,3)4;/h1H;;(H3,1,2,3,4);. The molecule has 7 heavy (non-hydrogen) atoms. The Balaban J connectivity index is -0.0000000800. The van der Waals surface area contributed by atoms with Gasteiger partial charge in [0.25, 0.3) is 0 Å². The fourth-order valence-corrected chi connectivity index (χ4v) is 0. The van der Waals surface area contributed by atoms with Crippen LogP contribution in [0.25, 0.3) is 0 Å². The Morgan fingerprint density at radius 2 is 1.14 bits per heavy atom. The molecule has 0 radical (unpaired) electrons. The summed E-state index contributed by atoms with van der Waals surface area (Å²) < 4.78 is 8.88. The summed E-state index contributed by atoms with van der Waals surface area (Å²) in [7, 11) is -4.64. The van der Waals surface area contributed by atoms with Gasteiger partial charge in [0, 0.05) is 0 Å². The molecule has 0 atom stereocenters. The molecule has 0 aromatic rings. The number of halogens is 1. The van der Waals surface area contributed by atoms with E-state index in [4.69, 9.17) is 19.2 Å². The van der Waals surface area contributed by atoms with E-state index < -0.39 is 7.82 Å². The van der Waals surface area contributed by atoms with Crippen LogP contribution in [0.3, 0.4) is 0 Å². The second kappa shape index (κ2) is 5.54. The zero-order chi connectivity index (χ0) is 4.50. The molecule has 0 saturated carbocycles. The first kappa shape index (κ1) is 15.8. The molecular formula is H5ClNaO4P. The van der Waals surface area contributed by atoms with Crippen molar-refractivity contribution in [3.05, 3.63) is 0 Å². The second-order valence-corrected chi connectivity index (χ2v) is 1.54. The van der Waals surface area contributed by atoms with Gasteiger partial charge in [-0.25, -0.2) is 4.57 Å². The Morgan fingerprint density at radius 3 is 1.14 bits per heavy atom. The number of hydrogen-bond acceptors (Lipinski definition) is 1. The summed E-state index contributed by atoms with van der Waals surface area (Å²) in [6.07, 6.45) is 0. The molecule has 0 spiro atoms. The molecule has 3 N–H and O–H groups in total. The van der Waals surface area contributed by atoms with Gasteiger partial charge >= 0.3 is 37.4 Å². The van der Waals surface area contributed by atoms with Crippen molar-refractivity contribution in [2.75, 3.05) is 0 Å². The normalized spacial score (nSPS) is 8.43. The van der Waals surface area contributed by atoms with Crippen molar-refractivity contribution >= 4 is 49.8 Å². The topological polar surface area (TPSA) is 77.8 Å². The molecule has 0 aromatic heterocycles. The third kappa shape index (κ3) is 110. The van der Waals surface area contributed by atoms with Crippen LogP contribution in [0, 0.1) is 0 Å². The van der Waals surface area contributed by atoms with Gasteiger partial charge in [-0.3, -0.25) is 0 Å². The summed E-state index contributed by atoms with van der Waals surface area (Å²) in [5, 5.41) is 0. The van der Waals surface area contributed by atoms with E-state index in [0.717, 1.165) is 0 Å². The van der Waals surface area contributed by atoms with Crippen molar-refractivity contribution in [1.29, 1.82) is 0 Å². The van der Waals surface area contributed by atoms with Crippen LogP contribution in [0.5, 0.6) is 0 Å². The minimum absolute atomic E-state index is 0. The Bertz CT molecular complexity index is 57.8. The fraction of sp³-hybridized carbons (Fsp3) is 0. The van der Waals surface area contributed by atoms with E-state index in [9.17, 15) is 0 Å². The number of hydrogen-bond donors (Lipinski definition) is 3. The van der Waals surface area contributed by atoms with Crippen molar-refractivity contribution < 1.29 is 19.2 Å². The summed E-state index contributed by atoms with van der Waals surface area (Å²) in [5.41, 5.74) is 0. The quantitative estimate of drug-likeness (QED) is 0.307. The van der Waals surface area contributed by atoms with Crippen molar-refractivity contribution in [2.45, 2.75) is 0 Å². The van der Waals surface area contributed by atoms with Gasteiger partial charge in [-0.15, -0.1) is 12.4 Å². The molecule has 0 bridgehead atoms. The zero-order valence-electron chi connectivity index (χ0n) is 2.61. The summed E-state index contributed by atoms with van der Waals surface area (Å²) in [6.45, 7) is 0. The van der Waals surface area contributed by atoms with Crippen molar-refractivity contribution in [3.63, 3.8) is 0 Å².